The highest BCUT2D eigenvalue weighted by molar-refractivity contribution is 6.30. The van der Waals surface area contributed by atoms with Crippen molar-refractivity contribution in [3.05, 3.63) is 113 Å². The van der Waals surface area contributed by atoms with E-state index in [1.807, 2.05) is 61.5 Å². The second-order valence-corrected chi connectivity index (χ2v) is 8.06. The van der Waals surface area contributed by atoms with Crippen LogP contribution >= 0.6 is 11.6 Å². The summed E-state index contributed by atoms with van der Waals surface area (Å²) in [5, 5.41) is 13.9. The summed E-state index contributed by atoms with van der Waals surface area (Å²) in [7, 11) is 0. The fraction of sp³-hybridized carbons (Fsp3) is 0.103. The Morgan fingerprint density at radius 1 is 0.848 bits per heavy atom. The third-order valence-corrected chi connectivity index (χ3v) is 5.47. The fourth-order valence-corrected chi connectivity index (χ4v) is 3.60. The molecule has 0 aliphatic heterocycles. The number of phenols is 1. The summed E-state index contributed by atoms with van der Waals surface area (Å²) in [5.74, 6) is 8.16. The van der Waals surface area contributed by atoms with E-state index in [0.717, 1.165) is 33.8 Å². The molecule has 1 unspecified atom stereocenters. The van der Waals surface area contributed by atoms with Gasteiger partial charge in [-0.1, -0.05) is 65.9 Å². The second kappa shape index (κ2) is 10.7. The van der Waals surface area contributed by atoms with Crippen LogP contribution in [0, 0.1) is 11.8 Å². The van der Waals surface area contributed by atoms with E-state index in [0.29, 0.717) is 11.6 Å². The lowest BCUT2D eigenvalue weighted by Gasteiger charge is -2.14. The Hall–Kier alpha value is -3.71. The molecule has 0 saturated carbocycles. The predicted octanol–water partition coefficient (Wildman–Crippen LogP) is 7.21. The van der Waals surface area contributed by atoms with Crippen molar-refractivity contribution in [2.24, 2.45) is 0 Å². The van der Waals surface area contributed by atoms with Gasteiger partial charge in [0.05, 0.1) is 6.54 Å². The summed E-state index contributed by atoms with van der Waals surface area (Å²) < 4.78 is 5.86. The molecule has 0 aliphatic carbocycles. The van der Waals surface area contributed by atoms with Gasteiger partial charge in [-0.3, -0.25) is 5.32 Å². The molecule has 0 radical (unpaired) electrons. The monoisotopic (exact) mass is 453 g/mol. The van der Waals surface area contributed by atoms with Crippen molar-refractivity contribution in [2.75, 3.05) is 6.54 Å². The maximum atomic E-state index is 10.00. The average Bonchev–Trinajstić information content (AvgIpc) is 2.85. The number of hydrogen-bond donors (Lipinski definition) is 2. The molecule has 3 nitrogen and oxygen atoms in total. The Morgan fingerprint density at radius 2 is 1.48 bits per heavy atom. The van der Waals surface area contributed by atoms with Gasteiger partial charge in [0.1, 0.15) is 17.2 Å². The first-order chi connectivity index (χ1) is 16.1. The number of ether oxygens (including phenoxy) is 1. The molecular formula is C29H24ClNO2. The molecule has 33 heavy (non-hydrogen) atoms. The number of rotatable bonds is 6. The van der Waals surface area contributed by atoms with E-state index in [-0.39, 0.29) is 11.8 Å². The van der Waals surface area contributed by atoms with E-state index >= 15 is 0 Å². The predicted molar refractivity (Wildman–Crippen MR) is 135 cm³/mol. The summed E-state index contributed by atoms with van der Waals surface area (Å²) in [4.78, 5) is 0. The van der Waals surface area contributed by atoms with Gasteiger partial charge in [0.25, 0.3) is 0 Å². The lowest BCUT2D eigenvalue weighted by Crippen LogP contribution is -2.18. The molecule has 164 valence electrons. The van der Waals surface area contributed by atoms with Crippen molar-refractivity contribution in [3.63, 3.8) is 0 Å². The first-order valence-corrected chi connectivity index (χ1v) is 11.1. The van der Waals surface area contributed by atoms with Gasteiger partial charge in [-0.2, -0.15) is 0 Å². The molecule has 0 saturated heterocycles. The Balaban J connectivity index is 1.33. The number of benzene rings is 4. The third kappa shape index (κ3) is 6.17. The van der Waals surface area contributed by atoms with Crippen molar-refractivity contribution >= 4 is 11.6 Å². The van der Waals surface area contributed by atoms with Crippen molar-refractivity contribution in [3.8, 4) is 40.2 Å². The molecule has 4 heteroatoms. The molecule has 1 atom stereocenters. The van der Waals surface area contributed by atoms with Crippen molar-refractivity contribution in [1.82, 2.24) is 5.32 Å². The quantitative estimate of drug-likeness (QED) is 0.303. The van der Waals surface area contributed by atoms with Crippen LogP contribution in [0.15, 0.2) is 97.1 Å². The van der Waals surface area contributed by atoms with E-state index in [4.69, 9.17) is 16.3 Å². The molecular weight excluding hydrogens is 430 g/mol. The first kappa shape index (κ1) is 22.5. The standard InChI is InChI=1S/C29H24ClNO2/c1-21(28-20-25(30)15-18-29(28)32)31-19-5-6-22-9-11-23(12-10-22)24-13-16-27(17-14-24)33-26-7-3-2-4-8-26/h2-4,7-18,20-21,31-32H,19H2,1H3. The highest BCUT2D eigenvalue weighted by Gasteiger charge is 2.09. The van der Waals surface area contributed by atoms with E-state index in [2.05, 4.69) is 41.4 Å². The van der Waals surface area contributed by atoms with Crippen LogP contribution in [0.4, 0.5) is 0 Å². The molecule has 0 spiro atoms. The molecule has 0 amide bonds. The molecule has 4 aromatic rings. The normalized spacial score (nSPS) is 11.3. The Labute approximate surface area is 199 Å². The summed E-state index contributed by atoms with van der Waals surface area (Å²) in [5.41, 5.74) is 3.94. The third-order valence-electron chi connectivity index (χ3n) is 5.24. The van der Waals surface area contributed by atoms with Crippen LogP contribution in [0.25, 0.3) is 11.1 Å². The molecule has 4 rings (SSSR count). The zero-order valence-corrected chi connectivity index (χ0v) is 19.0. The lowest BCUT2D eigenvalue weighted by molar-refractivity contribution is 0.456. The molecule has 0 fully saturated rings. The molecule has 0 aromatic heterocycles. The molecule has 0 heterocycles. The molecule has 4 aromatic carbocycles. The van der Waals surface area contributed by atoms with E-state index in [9.17, 15) is 5.11 Å². The number of aromatic hydroxyl groups is 1. The minimum absolute atomic E-state index is 0.0609. The van der Waals surface area contributed by atoms with Crippen LogP contribution in [-0.2, 0) is 0 Å². The summed E-state index contributed by atoms with van der Waals surface area (Å²) in [6, 6.07) is 30.9. The summed E-state index contributed by atoms with van der Waals surface area (Å²) >= 11 is 6.03. The SMILES string of the molecule is CC(NCC#Cc1ccc(-c2ccc(Oc3ccccc3)cc2)cc1)c1cc(Cl)ccc1O. The zero-order valence-electron chi connectivity index (χ0n) is 18.3. The fourth-order valence-electron chi connectivity index (χ4n) is 3.42. The van der Waals surface area contributed by atoms with Gasteiger partial charge < -0.3 is 9.84 Å². The van der Waals surface area contributed by atoms with E-state index < -0.39 is 0 Å². The van der Waals surface area contributed by atoms with Gasteiger partial charge in [0, 0.05) is 22.2 Å². The first-order valence-electron chi connectivity index (χ1n) is 10.7. The van der Waals surface area contributed by atoms with Gasteiger partial charge >= 0.3 is 0 Å². The van der Waals surface area contributed by atoms with Gasteiger partial charge in [0.15, 0.2) is 0 Å². The zero-order chi connectivity index (χ0) is 23.0. The minimum Gasteiger partial charge on any atom is -0.508 e. The van der Waals surface area contributed by atoms with Crippen molar-refractivity contribution < 1.29 is 9.84 Å². The van der Waals surface area contributed by atoms with Crippen molar-refractivity contribution in [1.29, 1.82) is 0 Å². The molecule has 2 N–H and O–H groups in total. The highest BCUT2D eigenvalue weighted by atomic mass is 35.5. The Kier molecular flexibility index (Phi) is 7.32. The second-order valence-electron chi connectivity index (χ2n) is 7.62. The molecule has 0 aliphatic rings. The average molecular weight is 454 g/mol. The van der Waals surface area contributed by atoms with Crippen LogP contribution < -0.4 is 10.1 Å². The van der Waals surface area contributed by atoms with Gasteiger partial charge in [-0.25, -0.2) is 0 Å². The Bertz CT molecular complexity index is 1260. The number of para-hydroxylation sites is 1. The van der Waals surface area contributed by atoms with Gasteiger partial charge in [-0.15, -0.1) is 0 Å². The smallest absolute Gasteiger partial charge is 0.127 e. The number of phenolic OH excluding ortho intramolecular Hbond substituents is 1. The topological polar surface area (TPSA) is 41.5 Å². The maximum Gasteiger partial charge on any atom is 0.127 e. The van der Waals surface area contributed by atoms with Crippen LogP contribution in [0.1, 0.15) is 24.1 Å². The van der Waals surface area contributed by atoms with E-state index in [1.165, 1.54) is 0 Å². The summed E-state index contributed by atoms with van der Waals surface area (Å²) in [6.45, 7) is 2.47. The van der Waals surface area contributed by atoms with Crippen LogP contribution in [-0.4, -0.2) is 11.7 Å². The largest absolute Gasteiger partial charge is 0.508 e. The van der Waals surface area contributed by atoms with Crippen LogP contribution in [0.3, 0.4) is 0 Å². The number of halogens is 1. The lowest BCUT2D eigenvalue weighted by atomic mass is 10.0. The van der Waals surface area contributed by atoms with Crippen molar-refractivity contribution in [2.45, 2.75) is 13.0 Å². The van der Waals surface area contributed by atoms with Gasteiger partial charge in [0.2, 0.25) is 0 Å². The van der Waals surface area contributed by atoms with Gasteiger partial charge in [-0.05, 0) is 72.6 Å². The summed E-state index contributed by atoms with van der Waals surface area (Å²) in [6.07, 6.45) is 0. The Morgan fingerprint density at radius 3 is 2.18 bits per heavy atom. The van der Waals surface area contributed by atoms with Crippen LogP contribution in [0.5, 0.6) is 17.2 Å². The van der Waals surface area contributed by atoms with Crippen LogP contribution in [0.2, 0.25) is 5.02 Å². The number of nitrogens with one attached hydrogen (secondary N) is 1. The maximum absolute atomic E-state index is 10.00. The van der Waals surface area contributed by atoms with E-state index in [1.54, 1.807) is 18.2 Å². The molecule has 0 bridgehead atoms. The highest BCUT2D eigenvalue weighted by Crippen LogP contribution is 2.27. The minimum atomic E-state index is -0.0609. The number of hydrogen-bond acceptors (Lipinski definition) is 3.